The van der Waals surface area contributed by atoms with Crippen molar-refractivity contribution < 1.29 is 48.3 Å². The van der Waals surface area contributed by atoms with Crippen LogP contribution < -0.4 is 10.4 Å². The average molecular weight is 1350 g/mol. The topological polar surface area (TPSA) is 162 Å². The first-order valence-electron chi connectivity index (χ1n) is 37.8. The zero-order chi connectivity index (χ0) is 68.2. The first-order chi connectivity index (χ1) is 49.5. The summed E-state index contributed by atoms with van der Waals surface area (Å²) in [5.74, 6) is 6.09. The molecule has 0 radical (unpaired) electrons. The summed E-state index contributed by atoms with van der Waals surface area (Å²) in [7, 11) is 1.53. The van der Waals surface area contributed by atoms with Gasteiger partial charge in [-0.05, 0) is 238 Å². The molecule has 1 aromatic heterocycles. The smallest absolute Gasteiger partial charge is 0.340 e. The largest absolute Gasteiger partial charge is 0.481 e. The van der Waals surface area contributed by atoms with E-state index in [0.29, 0.717) is 58.9 Å². The van der Waals surface area contributed by atoms with Crippen molar-refractivity contribution in [1.29, 1.82) is 0 Å². The van der Waals surface area contributed by atoms with Gasteiger partial charge in [0.2, 0.25) is 0 Å². The molecule has 0 amide bonds. The minimum atomic E-state index is -1.50. The van der Waals surface area contributed by atoms with Crippen molar-refractivity contribution in [2.75, 3.05) is 26.9 Å². The van der Waals surface area contributed by atoms with Crippen LogP contribution in [0.5, 0.6) is 5.75 Å². The van der Waals surface area contributed by atoms with E-state index in [1.165, 1.54) is 97.8 Å². The molecule has 3 fully saturated rings. The minimum absolute atomic E-state index is 0.0120. The SMILES string of the molecule is COC[C@@H](CCO)c1c(CO)c2ccc3c(c2oc1=O)[C@H]1OC(=O)C[C@H]2C[C@@H]4C=C[C@H]2c2ccc5c6c2CC#CC[C@]2(O3)[C@@H]3C[C@@H]7c8ccccc8C=C[C@@H]7[C@@H]3C[C@@H]6C[C@H](Cc3ccc(cc3)Cc3ccc6c(c3)[C@]37c8cccc4c8CC[C@H]3CCC[C@@H]7C=C6)[C@@H]5C/C(=C(\C)CO)C(=O)O[C@@H]12. The number of carbonyl (C=O) groups is 2. The maximum absolute atomic E-state index is 16.7. The van der Waals surface area contributed by atoms with Crippen LogP contribution in [-0.2, 0) is 61.5 Å². The molecular weight excluding hydrogens is 1260 g/mol. The fourth-order valence-electron chi connectivity index (χ4n) is 23.4. The van der Waals surface area contributed by atoms with Gasteiger partial charge in [0.05, 0.1) is 31.8 Å². The highest BCUT2D eigenvalue weighted by atomic mass is 16.6. The lowest BCUT2D eigenvalue weighted by molar-refractivity contribution is -0.205. The van der Waals surface area contributed by atoms with Gasteiger partial charge in [0.25, 0.3) is 0 Å². The van der Waals surface area contributed by atoms with Crippen molar-refractivity contribution in [1.82, 2.24) is 0 Å². The molecule has 19 aliphatic rings. The summed E-state index contributed by atoms with van der Waals surface area (Å²) < 4.78 is 35.4. The van der Waals surface area contributed by atoms with Crippen molar-refractivity contribution in [2.24, 2.45) is 41.4 Å². The summed E-state index contributed by atoms with van der Waals surface area (Å²) in [5, 5.41) is 33.9. The fourth-order valence-corrected chi connectivity index (χ4v) is 23.4. The monoisotopic (exact) mass is 1340 g/mol. The maximum atomic E-state index is 16.7. The van der Waals surface area contributed by atoms with E-state index in [1.807, 2.05) is 19.1 Å². The highest BCUT2D eigenvalue weighted by molar-refractivity contribution is 5.91. The van der Waals surface area contributed by atoms with E-state index in [2.05, 4.69) is 145 Å². The maximum Gasteiger partial charge on any atom is 0.340 e. The van der Waals surface area contributed by atoms with E-state index >= 15 is 14.4 Å². The molecule has 11 nitrogen and oxygen atoms in total. The van der Waals surface area contributed by atoms with Gasteiger partial charge in [0, 0.05) is 72.2 Å². The number of allylic oxidation sites excluding steroid dienone is 4. The normalized spacial score (nSPS) is 32.4. The van der Waals surface area contributed by atoms with Crippen LogP contribution in [0.1, 0.15) is 220 Å². The third kappa shape index (κ3) is 9.76. The predicted octanol–water partition coefficient (Wildman–Crippen LogP) is 15.7. The van der Waals surface area contributed by atoms with E-state index in [1.54, 1.807) is 0 Å². The second-order valence-electron chi connectivity index (χ2n) is 32.1. The van der Waals surface area contributed by atoms with Gasteiger partial charge >= 0.3 is 17.6 Å². The van der Waals surface area contributed by atoms with Crippen molar-refractivity contribution in [3.05, 3.63) is 250 Å². The number of rotatable bonds is 7. The third-order valence-electron chi connectivity index (χ3n) is 27.6. The molecule has 16 aliphatic carbocycles. The number of ether oxygens (including phenoxy) is 4. The Labute approximate surface area is 590 Å². The molecule has 2 spiro atoms. The Morgan fingerprint density at radius 3 is 2.42 bits per heavy atom. The van der Waals surface area contributed by atoms with Gasteiger partial charge in [-0.3, -0.25) is 4.79 Å². The molecule has 4 heterocycles. The van der Waals surface area contributed by atoms with Gasteiger partial charge in [-0.25, -0.2) is 9.59 Å². The number of methoxy groups -OCH3 is 1. The van der Waals surface area contributed by atoms with Crippen LogP contribution in [0.15, 0.2) is 154 Å². The lowest BCUT2D eigenvalue weighted by Crippen LogP contribution is -2.61. The van der Waals surface area contributed by atoms with Gasteiger partial charge in [0.1, 0.15) is 11.3 Å². The molecular formula is C90H88O11. The zero-order valence-electron chi connectivity index (χ0n) is 57.8. The molecule has 514 valence electrons. The summed E-state index contributed by atoms with van der Waals surface area (Å²) in [6, 6.07) is 41.1. The van der Waals surface area contributed by atoms with Crippen molar-refractivity contribution >= 4 is 35.1 Å². The van der Waals surface area contributed by atoms with Crippen LogP contribution in [0.3, 0.4) is 0 Å². The Morgan fingerprint density at radius 2 is 1.55 bits per heavy atom. The minimum Gasteiger partial charge on any atom is -0.481 e. The first-order valence-corrected chi connectivity index (χ1v) is 37.8. The lowest BCUT2D eigenvalue weighted by atomic mass is 9.48. The standard InChI is InChI=1S/C90H88O11/c1-49(46-92)71-44-72-57-38-51-18-16-50(17-19-51)37-52-20-21-54-22-25-60-10-7-11-61-26-29-67-63(14-8-15-76(67)90(60,61)77(54)39-52)55-24-27-64-58(40-55)43-80(94)98-85-83-79(33-32-70-75(47-93)82(88(96)99-84(70)83)56(34-36-91)48-97-2)101-89(86(85)100-87(71)95)35-6-5-13-68-65(64)30-31-69(72)81(68)59(41-57)42-74-66-28-23-53-9-3-4-12-62(53)73(66)45-78(74)89/h3-4,8-9,12,14-25,27-28,30-33,39,55-61,64,66,72-74,78,85-86,91-93H,7,10-11,13,26,29,34-38,40-48H2,1-2H3/b71-49-/t55-,56+,57-,58+,59-,60+,61+,64+,66-,72-,73+,74-,78+,85+,86-,89-,90-/m0/s1. The van der Waals surface area contributed by atoms with Gasteiger partial charge in [-0.15, -0.1) is 0 Å². The quantitative estimate of drug-likeness (QED) is 0.0458. The Bertz CT molecular complexity index is 4850. The van der Waals surface area contributed by atoms with Crippen LogP contribution >= 0.6 is 0 Å². The van der Waals surface area contributed by atoms with Gasteiger partial charge < -0.3 is 38.7 Å². The van der Waals surface area contributed by atoms with Gasteiger partial charge in [-0.2, -0.15) is 0 Å². The van der Waals surface area contributed by atoms with Crippen molar-refractivity contribution in [3.8, 4) is 17.6 Å². The molecule has 0 unspecified atom stereocenters. The highest BCUT2D eigenvalue weighted by Gasteiger charge is 2.65. The number of carbonyl (C=O) groups excluding carboxylic acids is 2. The van der Waals surface area contributed by atoms with E-state index in [9.17, 15) is 15.3 Å². The number of aliphatic hydroxyl groups is 3. The molecule has 6 aromatic carbocycles. The van der Waals surface area contributed by atoms with E-state index in [0.717, 1.165) is 44.9 Å². The summed E-state index contributed by atoms with van der Waals surface area (Å²) in [4.78, 5) is 48.4. The van der Waals surface area contributed by atoms with Gasteiger partial charge in [-0.1, -0.05) is 152 Å². The number of hydrogen-bond donors (Lipinski definition) is 3. The average Bonchev–Trinajstić information content (AvgIpc) is 1.02. The Balaban J connectivity index is 0.892. The van der Waals surface area contributed by atoms with Crippen LogP contribution in [0.25, 0.3) is 23.1 Å². The second-order valence-corrected chi connectivity index (χ2v) is 32.1. The number of benzene rings is 6. The lowest BCUT2D eigenvalue weighted by Gasteiger charge is -2.55. The molecule has 20 bridgehead atoms. The molecule has 1 saturated heterocycles. The van der Waals surface area contributed by atoms with Crippen LogP contribution in [-0.4, -0.2) is 65.9 Å². The molecule has 26 rings (SSSR count). The van der Waals surface area contributed by atoms with Crippen LogP contribution in [0, 0.1) is 53.3 Å². The number of esters is 2. The second kappa shape index (κ2) is 24.7. The molecule has 11 heteroatoms. The van der Waals surface area contributed by atoms with Crippen molar-refractivity contribution in [2.45, 2.75) is 175 Å². The molecule has 7 aromatic rings. The highest BCUT2D eigenvalue weighted by Crippen LogP contribution is 2.66. The Hall–Kier alpha value is -8.37. The molecule has 3 aliphatic heterocycles. The molecule has 101 heavy (non-hydrogen) atoms. The van der Waals surface area contributed by atoms with E-state index in [4.69, 9.17) is 23.4 Å². The van der Waals surface area contributed by atoms with Crippen molar-refractivity contribution in [3.63, 3.8) is 0 Å². The molecule has 3 N–H and O–H groups in total. The molecule has 2 saturated carbocycles. The summed E-state index contributed by atoms with van der Waals surface area (Å²) in [5.41, 5.74) is 17.5. The zero-order valence-corrected chi connectivity index (χ0v) is 57.8. The van der Waals surface area contributed by atoms with E-state index in [-0.39, 0.29) is 120 Å². The number of aliphatic hydroxyl groups excluding tert-OH is 3. The Morgan fingerprint density at radius 1 is 0.713 bits per heavy atom. The Kier molecular flexibility index (Phi) is 15.5. The number of hydrogen-bond acceptors (Lipinski definition) is 11. The fraction of sp³-hybridized carbons (Fsp3) is 0.433. The molecule has 17 atom stereocenters. The van der Waals surface area contributed by atoms with E-state index < -0.39 is 54.5 Å². The summed E-state index contributed by atoms with van der Waals surface area (Å²) in [6.45, 7) is 0.712. The van der Waals surface area contributed by atoms with Crippen LogP contribution in [0.2, 0.25) is 0 Å². The van der Waals surface area contributed by atoms with Crippen LogP contribution in [0.4, 0.5) is 0 Å². The first kappa shape index (κ1) is 63.5. The predicted molar refractivity (Wildman–Crippen MR) is 387 cm³/mol. The summed E-state index contributed by atoms with van der Waals surface area (Å²) >= 11 is 0. The number of fused-ring (bicyclic) bond motifs is 9. The van der Waals surface area contributed by atoms with Gasteiger partial charge in [0.15, 0.2) is 17.8 Å². The summed E-state index contributed by atoms with van der Waals surface area (Å²) in [6.07, 6.45) is 23.0. The third-order valence-corrected chi connectivity index (χ3v) is 27.6.